The highest BCUT2D eigenvalue weighted by atomic mass is 16.5. The minimum absolute atomic E-state index is 0.187. The molecule has 0 saturated heterocycles. The number of hydrogen-bond acceptors (Lipinski definition) is 2. The molecule has 0 aliphatic heterocycles. The Morgan fingerprint density at radius 2 is 1.23 bits per heavy atom. The smallest absolute Gasteiger partial charge is 0.130 e. The first kappa shape index (κ1) is 18.1. The van der Waals surface area contributed by atoms with Crippen LogP contribution in [0.4, 0.5) is 0 Å². The summed E-state index contributed by atoms with van der Waals surface area (Å²) in [6, 6.07) is 22.6. The van der Waals surface area contributed by atoms with Crippen molar-refractivity contribution in [2.24, 2.45) is 0 Å². The van der Waals surface area contributed by atoms with Crippen LogP contribution >= 0.6 is 0 Å². The Morgan fingerprint density at radius 3 is 1.81 bits per heavy atom. The summed E-state index contributed by atoms with van der Waals surface area (Å²) in [4.78, 5) is 0. The van der Waals surface area contributed by atoms with Crippen LogP contribution in [0.2, 0.25) is 0 Å². The van der Waals surface area contributed by atoms with Crippen molar-refractivity contribution in [2.75, 3.05) is 0 Å². The Hall–Kier alpha value is -2.74. The fourth-order valence-corrected chi connectivity index (χ4v) is 2.75. The van der Waals surface area contributed by atoms with Gasteiger partial charge in [0.05, 0.1) is 0 Å². The maximum atomic E-state index is 6.01. The van der Waals surface area contributed by atoms with Gasteiger partial charge in [-0.15, -0.1) is 0 Å². The molecule has 2 nitrogen and oxygen atoms in total. The molecule has 2 heteroatoms. The summed E-state index contributed by atoms with van der Waals surface area (Å²) in [5.74, 6) is 2.62. The van der Waals surface area contributed by atoms with Crippen LogP contribution in [0.25, 0.3) is 11.1 Å². The zero-order valence-corrected chi connectivity index (χ0v) is 16.2. The molecule has 26 heavy (non-hydrogen) atoms. The number of benzene rings is 3. The monoisotopic (exact) mass is 346 g/mol. The van der Waals surface area contributed by atoms with Gasteiger partial charge in [0.2, 0.25) is 0 Å². The van der Waals surface area contributed by atoms with Gasteiger partial charge in [-0.3, -0.25) is 0 Å². The third kappa shape index (κ3) is 4.66. The van der Waals surface area contributed by atoms with Crippen LogP contribution in [-0.4, -0.2) is 5.60 Å². The molecule has 3 rings (SSSR count). The molecule has 134 valence electrons. The summed E-state index contributed by atoms with van der Waals surface area (Å²) >= 11 is 0. The molecule has 0 radical (unpaired) electrons. The first-order chi connectivity index (χ1) is 12.3. The lowest BCUT2D eigenvalue weighted by molar-refractivity contribution is 0.131. The van der Waals surface area contributed by atoms with Gasteiger partial charge in [-0.1, -0.05) is 35.9 Å². The molecule has 0 unspecified atom stereocenters. The molecule has 0 saturated carbocycles. The van der Waals surface area contributed by atoms with Crippen molar-refractivity contribution >= 4 is 0 Å². The number of rotatable bonds is 4. The molecule has 3 aromatic rings. The van der Waals surface area contributed by atoms with Crippen LogP contribution in [0, 0.1) is 13.8 Å². The van der Waals surface area contributed by atoms with Crippen molar-refractivity contribution in [1.29, 1.82) is 0 Å². The van der Waals surface area contributed by atoms with E-state index in [0.717, 1.165) is 28.4 Å². The zero-order valence-electron chi connectivity index (χ0n) is 16.2. The molecule has 0 bridgehead atoms. The topological polar surface area (TPSA) is 18.5 Å². The Morgan fingerprint density at radius 1 is 0.654 bits per heavy atom. The highest BCUT2D eigenvalue weighted by Gasteiger charge is 2.11. The summed E-state index contributed by atoms with van der Waals surface area (Å²) in [6.07, 6.45) is 0. The molecule has 0 N–H and O–H groups in total. The molecule has 0 atom stereocenters. The van der Waals surface area contributed by atoms with Crippen molar-refractivity contribution in [3.63, 3.8) is 0 Å². The zero-order chi connectivity index (χ0) is 18.7. The van der Waals surface area contributed by atoms with Crippen molar-refractivity contribution in [3.05, 3.63) is 77.9 Å². The van der Waals surface area contributed by atoms with Crippen LogP contribution in [0.5, 0.6) is 17.2 Å². The van der Waals surface area contributed by atoms with E-state index in [9.17, 15) is 0 Å². The standard InChI is InChI=1S/C24H26O2/c1-17-6-11-21(12-7-17)25-23-15-10-20(16-18(23)2)19-8-13-22(14-9-19)26-24(3,4)5/h6-16H,1-5H3. The van der Waals surface area contributed by atoms with E-state index in [1.807, 2.05) is 30.3 Å². The third-order valence-electron chi connectivity index (χ3n) is 4.04. The molecule has 0 aliphatic carbocycles. The minimum Gasteiger partial charge on any atom is -0.488 e. The van der Waals surface area contributed by atoms with E-state index in [0.29, 0.717) is 0 Å². The average molecular weight is 346 g/mol. The third-order valence-corrected chi connectivity index (χ3v) is 4.04. The lowest BCUT2D eigenvalue weighted by Gasteiger charge is -2.21. The van der Waals surface area contributed by atoms with Crippen LogP contribution in [-0.2, 0) is 0 Å². The van der Waals surface area contributed by atoms with E-state index in [2.05, 4.69) is 71.0 Å². The van der Waals surface area contributed by atoms with E-state index >= 15 is 0 Å². The predicted octanol–water partition coefficient (Wildman–Crippen LogP) is 6.94. The second-order valence-corrected chi connectivity index (χ2v) is 7.63. The van der Waals surface area contributed by atoms with E-state index in [4.69, 9.17) is 9.47 Å². The second kappa shape index (κ2) is 7.25. The van der Waals surface area contributed by atoms with Gasteiger partial charge >= 0.3 is 0 Å². The number of hydrogen-bond donors (Lipinski definition) is 0. The number of ether oxygens (including phenoxy) is 2. The highest BCUT2D eigenvalue weighted by molar-refractivity contribution is 5.66. The lowest BCUT2D eigenvalue weighted by atomic mass is 10.0. The summed E-state index contributed by atoms with van der Waals surface area (Å²) in [7, 11) is 0. The summed E-state index contributed by atoms with van der Waals surface area (Å²) in [5, 5.41) is 0. The van der Waals surface area contributed by atoms with Crippen molar-refractivity contribution in [1.82, 2.24) is 0 Å². The second-order valence-electron chi connectivity index (χ2n) is 7.63. The van der Waals surface area contributed by atoms with Crippen LogP contribution in [0.15, 0.2) is 66.7 Å². The predicted molar refractivity (Wildman–Crippen MR) is 108 cm³/mol. The maximum absolute atomic E-state index is 6.01. The lowest BCUT2D eigenvalue weighted by Crippen LogP contribution is -2.22. The molecule has 0 amide bonds. The summed E-state index contributed by atoms with van der Waals surface area (Å²) < 4.78 is 11.9. The van der Waals surface area contributed by atoms with Gasteiger partial charge in [-0.05, 0) is 87.7 Å². The van der Waals surface area contributed by atoms with Gasteiger partial charge in [-0.25, -0.2) is 0 Å². The van der Waals surface area contributed by atoms with Crippen LogP contribution in [0.3, 0.4) is 0 Å². The molecule has 3 aromatic carbocycles. The Balaban J connectivity index is 1.77. The van der Waals surface area contributed by atoms with Gasteiger partial charge in [-0.2, -0.15) is 0 Å². The normalized spacial score (nSPS) is 11.3. The van der Waals surface area contributed by atoms with Gasteiger partial charge in [0.1, 0.15) is 22.8 Å². The van der Waals surface area contributed by atoms with Gasteiger partial charge in [0, 0.05) is 0 Å². The van der Waals surface area contributed by atoms with Gasteiger partial charge in [0.25, 0.3) is 0 Å². The van der Waals surface area contributed by atoms with Gasteiger partial charge in [0.15, 0.2) is 0 Å². The van der Waals surface area contributed by atoms with E-state index in [1.54, 1.807) is 0 Å². The molecule has 0 fully saturated rings. The number of aryl methyl sites for hydroxylation is 2. The van der Waals surface area contributed by atoms with Crippen molar-refractivity contribution < 1.29 is 9.47 Å². The SMILES string of the molecule is Cc1ccc(Oc2ccc(-c3ccc(OC(C)(C)C)cc3)cc2C)cc1. The molecular formula is C24H26O2. The quantitative estimate of drug-likeness (QED) is 0.509. The Labute approximate surface area is 156 Å². The van der Waals surface area contributed by atoms with Gasteiger partial charge < -0.3 is 9.47 Å². The fourth-order valence-electron chi connectivity index (χ4n) is 2.75. The van der Waals surface area contributed by atoms with E-state index in [1.165, 1.54) is 11.1 Å². The maximum Gasteiger partial charge on any atom is 0.130 e. The first-order valence-electron chi connectivity index (χ1n) is 8.95. The molecular weight excluding hydrogens is 320 g/mol. The fraction of sp³-hybridized carbons (Fsp3) is 0.250. The Bertz CT molecular complexity index is 870. The molecule has 0 aliphatic rings. The van der Waals surface area contributed by atoms with Crippen molar-refractivity contribution in [2.45, 2.75) is 40.2 Å². The van der Waals surface area contributed by atoms with Crippen molar-refractivity contribution in [3.8, 4) is 28.4 Å². The summed E-state index contributed by atoms with van der Waals surface area (Å²) in [5.41, 5.74) is 4.48. The largest absolute Gasteiger partial charge is 0.488 e. The van der Waals surface area contributed by atoms with E-state index in [-0.39, 0.29) is 5.60 Å². The average Bonchev–Trinajstić information content (AvgIpc) is 2.58. The van der Waals surface area contributed by atoms with Crippen LogP contribution < -0.4 is 9.47 Å². The molecule has 0 spiro atoms. The first-order valence-corrected chi connectivity index (χ1v) is 8.95. The summed E-state index contributed by atoms with van der Waals surface area (Å²) in [6.45, 7) is 10.3. The highest BCUT2D eigenvalue weighted by Crippen LogP contribution is 2.31. The molecule has 0 aromatic heterocycles. The molecule has 0 heterocycles. The van der Waals surface area contributed by atoms with E-state index < -0.39 is 0 Å². The van der Waals surface area contributed by atoms with Crippen LogP contribution in [0.1, 0.15) is 31.9 Å². The minimum atomic E-state index is -0.187. The Kier molecular flexibility index (Phi) is 5.03.